The third kappa shape index (κ3) is 4.45. The van der Waals surface area contributed by atoms with E-state index in [2.05, 4.69) is 20.4 Å². The second-order valence-corrected chi connectivity index (χ2v) is 7.73. The highest BCUT2D eigenvalue weighted by atomic mass is 35.5. The first-order valence-corrected chi connectivity index (χ1v) is 10.0. The Morgan fingerprint density at radius 1 is 1.36 bits per heavy atom. The summed E-state index contributed by atoms with van der Waals surface area (Å²) in [4.78, 5) is 21.0. The summed E-state index contributed by atoms with van der Waals surface area (Å²) >= 11 is 7.30. The van der Waals surface area contributed by atoms with E-state index in [1.165, 1.54) is 18.9 Å². The summed E-state index contributed by atoms with van der Waals surface area (Å²) in [6.07, 6.45) is 3.89. The summed E-state index contributed by atoms with van der Waals surface area (Å²) < 4.78 is 10.6. The molecule has 0 bridgehead atoms. The van der Waals surface area contributed by atoms with Crippen LogP contribution >= 0.6 is 23.4 Å². The van der Waals surface area contributed by atoms with Crippen molar-refractivity contribution in [2.24, 2.45) is 0 Å². The fourth-order valence-electron chi connectivity index (χ4n) is 2.58. The molecule has 0 radical (unpaired) electrons. The molecule has 1 aromatic carbocycles. The molecule has 1 N–H and O–H groups in total. The lowest BCUT2D eigenvalue weighted by molar-refractivity contribution is -0.113. The number of thioether (sulfide) groups is 1. The number of rotatable bonds is 7. The van der Waals surface area contributed by atoms with Crippen molar-refractivity contribution >= 4 is 35.0 Å². The third-order valence-electron chi connectivity index (χ3n) is 4.15. The first-order valence-electron chi connectivity index (χ1n) is 8.68. The largest absolute Gasteiger partial charge is 0.495 e. The average molecular weight is 417 g/mol. The van der Waals surface area contributed by atoms with E-state index in [-0.39, 0.29) is 11.7 Å². The van der Waals surface area contributed by atoms with E-state index in [1.807, 2.05) is 12.1 Å². The van der Waals surface area contributed by atoms with E-state index in [0.29, 0.717) is 33.3 Å². The van der Waals surface area contributed by atoms with Gasteiger partial charge in [0.2, 0.25) is 5.91 Å². The zero-order valence-electron chi connectivity index (χ0n) is 15.0. The van der Waals surface area contributed by atoms with Crippen LogP contribution in [0.25, 0.3) is 11.5 Å². The van der Waals surface area contributed by atoms with E-state index >= 15 is 0 Å². The number of hydrogen-bond donors (Lipinski definition) is 1. The van der Waals surface area contributed by atoms with Gasteiger partial charge in [0.1, 0.15) is 5.75 Å². The number of benzene rings is 1. The van der Waals surface area contributed by atoms with Crippen molar-refractivity contribution in [1.82, 2.24) is 15.1 Å². The normalized spacial score (nSPS) is 13.4. The molecule has 7 nitrogen and oxygen atoms in total. The summed E-state index contributed by atoms with van der Waals surface area (Å²) in [5.74, 6) is 2.20. The highest BCUT2D eigenvalue weighted by molar-refractivity contribution is 7.99. The zero-order chi connectivity index (χ0) is 19.5. The van der Waals surface area contributed by atoms with E-state index in [0.717, 1.165) is 24.2 Å². The van der Waals surface area contributed by atoms with Gasteiger partial charge in [-0.2, -0.15) is 4.98 Å². The fraction of sp³-hybridized carbons (Fsp3) is 0.263. The van der Waals surface area contributed by atoms with Gasteiger partial charge in [-0.1, -0.05) is 28.5 Å². The number of amides is 1. The minimum absolute atomic E-state index is 0.184. The Bertz CT molecular complexity index is 1010. The number of aromatic nitrogens is 3. The first kappa shape index (κ1) is 18.8. The highest BCUT2D eigenvalue weighted by Crippen LogP contribution is 2.39. The SMILES string of the molecule is COc1ccc(Cl)cc1NC(=O)CSc1cc(-c2nc(C3CC3)no2)ccn1. The van der Waals surface area contributed by atoms with Crippen LogP contribution in [0.15, 0.2) is 46.1 Å². The molecule has 2 heterocycles. The maximum Gasteiger partial charge on any atom is 0.258 e. The number of anilines is 1. The fourth-order valence-corrected chi connectivity index (χ4v) is 3.45. The Hall–Kier alpha value is -2.58. The minimum Gasteiger partial charge on any atom is -0.495 e. The number of methoxy groups -OCH3 is 1. The smallest absolute Gasteiger partial charge is 0.258 e. The molecule has 0 atom stereocenters. The van der Waals surface area contributed by atoms with Crippen LogP contribution in [-0.4, -0.2) is 33.9 Å². The molecule has 0 spiro atoms. The van der Waals surface area contributed by atoms with Gasteiger partial charge in [0.05, 0.1) is 23.6 Å². The Morgan fingerprint density at radius 3 is 3.00 bits per heavy atom. The minimum atomic E-state index is -0.188. The van der Waals surface area contributed by atoms with Crippen LogP contribution in [0.2, 0.25) is 5.02 Å². The summed E-state index contributed by atoms with van der Waals surface area (Å²) in [7, 11) is 1.54. The Morgan fingerprint density at radius 2 is 2.21 bits per heavy atom. The van der Waals surface area contributed by atoms with Crippen molar-refractivity contribution in [3.05, 3.63) is 47.4 Å². The quantitative estimate of drug-likeness (QED) is 0.570. The molecule has 28 heavy (non-hydrogen) atoms. The number of carbonyl (C=O) groups is 1. The van der Waals surface area contributed by atoms with Crippen LogP contribution in [-0.2, 0) is 4.79 Å². The second-order valence-electron chi connectivity index (χ2n) is 6.30. The van der Waals surface area contributed by atoms with Gasteiger partial charge in [-0.3, -0.25) is 4.79 Å². The lowest BCUT2D eigenvalue weighted by atomic mass is 10.3. The van der Waals surface area contributed by atoms with Crippen molar-refractivity contribution in [1.29, 1.82) is 0 Å². The second kappa shape index (κ2) is 8.20. The molecule has 1 fully saturated rings. The molecule has 1 saturated carbocycles. The Kier molecular flexibility index (Phi) is 5.50. The molecule has 0 saturated heterocycles. The van der Waals surface area contributed by atoms with E-state index in [4.69, 9.17) is 20.9 Å². The van der Waals surface area contributed by atoms with E-state index in [9.17, 15) is 4.79 Å². The van der Waals surface area contributed by atoms with Crippen molar-refractivity contribution in [3.8, 4) is 17.2 Å². The number of halogens is 1. The van der Waals surface area contributed by atoms with Gasteiger partial charge in [0, 0.05) is 22.7 Å². The molecule has 0 unspecified atom stereocenters. The van der Waals surface area contributed by atoms with Crippen molar-refractivity contribution in [2.75, 3.05) is 18.2 Å². The summed E-state index contributed by atoms with van der Waals surface area (Å²) in [5, 5.41) is 8.04. The van der Waals surface area contributed by atoms with Crippen LogP contribution in [0.1, 0.15) is 24.6 Å². The summed E-state index contributed by atoms with van der Waals surface area (Å²) in [6, 6.07) is 8.70. The molecule has 144 valence electrons. The van der Waals surface area contributed by atoms with Gasteiger partial charge >= 0.3 is 0 Å². The van der Waals surface area contributed by atoms with E-state index in [1.54, 1.807) is 24.4 Å². The molecule has 3 aromatic rings. The summed E-state index contributed by atoms with van der Waals surface area (Å²) in [5.41, 5.74) is 1.31. The number of ether oxygens (including phenoxy) is 1. The van der Waals surface area contributed by atoms with Crippen LogP contribution in [0.4, 0.5) is 5.69 Å². The number of nitrogens with zero attached hydrogens (tertiary/aromatic N) is 3. The van der Waals surface area contributed by atoms with Crippen LogP contribution in [0.5, 0.6) is 5.75 Å². The van der Waals surface area contributed by atoms with Gasteiger partial charge in [-0.05, 0) is 43.2 Å². The van der Waals surface area contributed by atoms with Gasteiger partial charge < -0.3 is 14.6 Å². The molecule has 0 aliphatic heterocycles. The lowest BCUT2D eigenvalue weighted by Gasteiger charge is -2.10. The first-order chi connectivity index (χ1) is 13.6. The predicted molar refractivity (Wildman–Crippen MR) is 107 cm³/mol. The van der Waals surface area contributed by atoms with Crippen molar-refractivity contribution < 1.29 is 14.1 Å². The standard InChI is InChI=1S/C19H17ClN4O3S/c1-26-15-5-4-13(20)9-14(15)22-16(25)10-28-17-8-12(6-7-21-17)19-23-18(24-27-19)11-2-3-11/h4-9,11H,2-3,10H2,1H3,(H,22,25). The molecular weight excluding hydrogens is 400 g/mol. The number of carbonyl (C=O) groups excluding carboxylic acids is 1. The summed E-state index contributed by atoms with van der Waals surface area (Å²) in [6.45, 7) is 0. The van der Waals surface area contributed by atoms with Crippen LogP contribution < -0.4 is 10.1 Å². The molecular formula is C19H17ClN4O3S. The van der Waals surface area contributed by atoms with Crippen molar-refractivity contribution in [2.45, 2.75) is 23.8 Å². The average Bonchev–Trinajstić information content (AvgIpc) is 3.43. The van der Waals surface area contributed by atoms with Gasteiger partial charge in [0.15, 0.2) is 5.82 Å². The number of hydrogen-bond acceptors (Lipinski definition) is 7. The monoisotopic (exact) mass is 416 g/mol. The van der Waals surface area contributed by atoms with Crippen LogP contribution in [0, 0.1) is 0 Å². The van der Waals surface area contributed by atoms with Gasteiger partial charge in [-0.25, -0.2) is 4.98 Å². The van der Waals surface area contributed by atoms with Crippen LogP contribution in [0.3, 0.4) is 0 Å². The maximum atomic E-state index is 12.3. The zero-order valence-corrected chi connectivity index (χ0v) is 16.6. The highest BCUT2D eigenvalue weighted by Gasteiger charge is 2.29. The number of nitrogens with one attached hydrogen (secondary N) is 1. The molecule has 9 heteroatoms. The molecule has 4 rings (SSSR count). The molecule has 1 aliphatic rings. The van der Waals surface area contributed by atoms with Gasteiger partial charge in [-0.15, -0.1) is 0 Å². The molecule has 1 amide bonds. The molecule has 2 aromatic heterocycles. The van der Waals surface area contributed by atoms with Crippen molar-refractivity contribution in [3.63, 3.8) is 0 Å². The Balaban J connectivity index is 1.39. The maximum absolute atomic E-state index is 12.3. The number of pyridine rings is 1. The Labute approximate surface area is 170 Å². The van der Waals surface area contributed by atoms with E-state index < -0.39 is 0 Å². The predicted octanol–water partition coefficient (Wildman–Crippen LogP) is 4.40. The third-order valence-corrected chi connectivity index (χ3v) is 5.31. The van der Waals surface area contributed by atoms with Gasteiger partial charge in [0.25, 0.3) is 5.89 Å². The lowest BCUT2D eigenvalue weighted by Crippen LogP contribution is -2.14. The topological polar surface area (TPSA) is 90.1 Å². The molecule has 1 aliphatic carbocycles.